The number of carbonyl (C=O) groups excluding carboxylic acids is 1. The number of rotatable bonds is 8. The second kappa shape index (κ2) is 11.1. The largest absolute Gasteiger partial charge is 0.491 e. The predicted molar refractivity (Wildman–Crippen MR) is 140 cm³/mol. The van der Waals surface area contributed by atoms with Gasteiger partial charge in [-0.15, -0.1) is 6.58 Å². The van der Waals surface area contributed by atoms with Crippen LogP contribution in [0.5, 0.6) is 11.5 Å². The lowest BCUT2D eigenvalue weighted by Gasteiger charge is -2.29. The Bertz CT molecular complexity index is 1380. The van der Waals surface area contributed by atoms with Crippen molar-refractivity contribution >= 4 is 22.6 Å². The zero-order valence-electron chi connectivity index (χ0n) is 21.3. The minimum atomic E-state index is -0.387. The van der Waals surface area contributed by atoms with Gasteiger partial charge in [0, 0.05) is 50.2 Å². The molecule has 10 nitrogen and oxygen atoms in total. The highest BCUT2D eigenvalue weighted by atomic mass is 16.5. The number of aryl methyl sites for hydroxylation is 1. The van der Waals surface area contributed by atoms with Gasteiger partial charge in [0.2, 0.25) is 5.62 Å². The molecule has 1 unspecified atom stereocenters. The maximum atomic E-state index is 13.0. The van der Waals surface area contributed by atoms with Gasteiger partial charge in [-0.1, -0.05) is 6.08 Å². The Morgan fingerprint density at radius 1 is 1.30 bits per heavy atom. The van der Waals surface area contributed by atoms with Gasteiger partial charge in [-0.3, -0.25) is 19.2 Å². The van der Waals surface area contributed by atoms with E-state index >= 15 is 0 Å². The third kappa shape index (κ3) is 5.21. The Hall–Kier alpha value is -3.76. The molecule has 1 saturated heterocycles. The normalized spacial score (nSPS) is 16.8. The fraction of sp³-hybridized carbons (Fsp3) is 0.407. The molecule has 5 rings (SSSR count). The van der Waals surface area contributed by atoms with E-state index in [9.17, 15) is 4.79 Å². The van der Waals surface area contributed by atoms with Gasteiger partial charge in [0.1, 0.15) is 11.3 Å². The monoisotopic (exact) mass is 504 g/mol. The van der Waals surface area contributed by atoms with Gasteiger partial charge in [0.25, 0.3) is 5.91 Å². The molecule has 0 saturated carbocycles. The number of pyridine rings is 1. The fourth-order valence-electron chi connectivity index (χ4n) is 4.71. The van der Waals surface area contributed by atoms with E-state index in [2.05, 4.69) is 26.8 Å². The van der Waals surface area contributed by atoms with E-state index in [1.165, 1.54) is 0 Å². The van der Waals surface area contributed by atoms with Crippen molar-refractivity contribution in [2.45, 2.75) is 13.5 Å². The number of nitrogens with one attached hydrogen (secondary N) is 1. The highest BCUT2D eigenvalue weighted by Crippen LogP contribution is 2.37. The van der Waals surface area contributed by atoms with E-state index in [4.69, 9.17) is 19.2 Å². The SMILES string of the molecule is C=CC(COc1ccc2c3n(c(=NC(=O)c4cccnc4C)nc2c1OC)CCN3)CN1CCOCC1. The summed E-state index contributed by atoms with van der Waals surface area (Å²) in [7, 11) is 1.59. The number of hydrogen-bond donors (Lipinski definition) is 1. The van der Waals surface area contributed by atoms with Crippen LogP contribution in [0, 0.1) is 12.8 Å². The Balaban J connectivity index is 1.48. The van der Waals surface area contributed by atoms with E-state index in [0.29, 0.717) is 53.6 Å². The summed E-state index contributed by atoms with van der Waals surface area (Å²) >= 11 is 0. The number of morpholine rings is 1. The molecule has 37 heavy (non-hydrogen) atoms. The molecule has 0 bridgehead atoms. The minimum Gasteiger partial charge on any atom is -0.491 e. The summed E-state index contributed by atoms with van der Waals surface area (Å²) in [5.74, 6) is 1.70. The molecule has 3 aromatic rings. The average Bonchev–Trinajstić information content (AvgIpc) is 3.42. The van der Waals surface area contributed by atoms with Gasteiger partial charge in [-0.05, 0) is 31.2 Å². The van der Waals surface area contributed by atoms with Crippen LogP contribution in [0.25, 0.3) is 10.9 Å². The van der Waals surface area contributed by atoms with Crippen molar-refractivity contribution in [1.82, 2.24) is 19.4 Å². The van der Waals surface area contributed by atoms with Crippen LogP contribution in [0.3, 0.4) is 0 Å². The van der Waals surface area contributed by atoms with Gasteiger partial charge in [0.15, 0.2) is 11.5 Å². The van der Waals surface area contributed by atoms with E-state index < -0.39 is 0 Å². The van der Waals surface area contributed by atoms with Crippen molar-refractivity contribution in [3.8, 4) is 11.5 Å². The van der Waals surface area contributed by atoms with Gasteiger partial charge in [-0.2, -0.15) is 4.99 Å². The number of benzene rings is 1. The zero-order chi connectivity index (χ0) is 25.8. The summed E-state index contributed by atoms with van der Waals surface area (Å²) in [6.45, 7) is 11.8. The first-order valence-corrected chi connectivity index (χ1v) is 12.5. The number of nitrogens with zero attached hydrogens (tertiary/aromatic N) is 5. The van der Waals surface area contributed by atoms with Crippen LogP contribution in [0.15, 0.2) is 48.1 Å². The molecule has 194 valence electrons. The van der Waals surface area contributed by atoms with E-state index in [1.807, 2.05) is 22.8 Å². The molecule has 2 aromatic heterocycles. The van der Waals surface area contributed by atoms with Crippen LogP contribution in [-0.4, -0.2) is 78.5 Å². The molecule has 2 aliphatic rings. The van der Waals surface area contributed by atoms with E-state index in [0.717, 1.165) is 44.1 Å². The molecule has 0 radical (unpaired) electrons. The molecule has 0 spiro atoms. The summed E-state index contributed by atoms with van der Waals surface area (Å²) in [4.78, 5) is 28.7. The lowest BCUT2D eigenvalue weighted by molar-refractivity contribution is 0.0305. The molecular formula is C27H32N6O4. The molecule has 10 heteroatoms. The molecule has 4 heterocycles. The number of ether oxygens (including phenoxy) is 3. The zero-order valence-corrected chi connectivity index (χ0v) is 21.3. The average molecular weight is 505 g/mol. The highest BCUT2D eigenvalue weighted by molar-refractivity contribution is 5.97. The van der Waals surface area contributed by atoms with Gasteiger partial charge < -0.3 is 19.5 Å². The maximum absolute atomic E-state index is 13.0. The molecule has 1 fully saturated rings. The van der Waals surface area contributed by atoms with Crippen molar-refractivity contribution in [2.75, 3.05) is 58.4 Å². The van der Waals surface area contributed by atoms with Crippen molar-refractivity contribution in [3.63, 3.8) is 0 Å². The van der Waals surface area contributed by atoms with Crippen molar-refractivity contribution in [1.29, 1.82) is 0 Å². The molecule has 1 atom stereocenters. The first kappa shape index (κ1) is 24.9. The van der Waals surface area contributed by atoms with E-state index in [1.54, 1.807) is 32.4 Å². The summed E-state index contributed by atoms with van der Waals surface area (Å²) in [5, 5.41) is 4.27. The van der Waals surface area contributed by atoms with Gasteiger partial charge >= 0.3 is 0 Å². The molecule has 2 aliphatic heterocycles. The number of carbonyl (C=O) groups is 1. The smallest absolute Gasteiger partial charge is 0.282 e. The van der Waals surface area contributed by atoms with Gasteiger partial charge in [0.05, 0.1) is 38.2 Å². The van der Waals surface area contributed by atoms with Crippen LogP contribution >= 0.6 is 0 Å². The Morgan fingerprint density at radius 2 is 2.14 bits per heavy atom. The molecule has 1 aromatic carbocycles. The minimum absolute atomic E-state index is 0.148. The number of amides is 1. The first-order valence-electron chi connectivity index (χ1n) is 12.5. The molecular weight excluding hydrogens is 472 g/mol. The summed E-state index contributed by atoms with van der Waals surface area (Å²) in [5.41, 5.74) is 1.97. The standard InChI is InChI=1S/C27H32N6O4/c1-4-19(16-32-12-14-36-15-13-32)17-37-22-8-7-21-23(24(22)35-3)30-27(33-11-10-29-25(21)33)31-26(34)20-6-5-9-28-18(20)2/h4-9,19,29H,1,10-17H2,2-3H3. The Labute approximate surface area is 215 Å². The highest BCUT2D eigenvalue weighted by Gasteiger charge is 2.22. The molecule has 0 aliphatic carbocycles. The molecule has 1 N–H and O–H groups in total. The van der Waals surface area contributed by atoms with E-state index in [-0.39, 0.29) is 11.8 Å². The van der Waals surface area contributed by atoms with Crippen LogP contribution in [0.1, 0.15) is 16.1 Å². The first-order chi connectivity index (χ1) is 18.1. The number of aromatic nitrogens is 3. The summed E-state index contributed by atoms with van der Waals surface area (Å²) in [6.07, 6.45) is 3.58. The van der Waals surface area contributed by atoms with Crippen molar-refractivity contribution in [2.24, 2.45) is 10.9 Å². The second-order valence-corrected chi connectivity index (χ2v) is 9.11. The number of anilines is 1. The molecule has 1 amide bonds. The topological polar surface area (TPSA) is 103 Å². The van der Waals surface area contributed by atoms with Crippen molar-refractivity contribution < 1.29 is 19.0 Å². The third-order valence-corrected chi connectivity index (χ3v) is 6.73. The Morgan fingerprint density at radius 3 is 2.89 bits per heavy atom. The van der Waals surface area contributed by atoms with Gasteiger partial charge in [-0.25, -0.2) is 4.98 Å². The fourth-order valence-corrected chi connectivity index (χ4v) is 4.71. The van der Waals surface area contributed by atoms with Crippen LogP contribution in [0.4, 0.5) is 5.82 Å². The predicted octanol–water partition coefficient (Wildman–Crippen LogP) is 2.43. The summed E-state index contributed by atoms with van der Waals surface area (Å²) in [6, 6.07) is 7.31. The lowest BCUT2D eigenvalue weighted by Crippen LogP contribution is -2.40. The Kier molecular flexibility index (Phi) is 7.47. The maximum Gasteiger partial charge on any atom is 0.282 e. The number of hydrogen-bond acceptors (Lipinski definition) is 8. The number of methoxy groups -OCH3 is 1. The van der Waals surface area contributed by atoms with Crippen LogP contribution in [0.2, 0.25) is 0 Å². The van der Waals surface area contributed by atoms with Crippen LogP contribution in [-0.2, 0) is 11.3 Å². The van der Waals surface area contributed by atoms with Crippen molar-refractivity contribution in [3.05, 3.63) is 60.0 Å². The third-order valence-electron chi connectivity index (χ3n) is 6.73. The number of fused-ring (bicyclic) bond motifs is 3. The second-order valence-electron chi connectivity index (χ2n) is 9.11. The van der Waals surface area contributed by atoms with Crippen LogP contribution < -0.4 is 20.4 Å². The lowest BCUT2D eigenvalue weighted by atomic mass is 10.1. The quantitative estimate of drug-likeness (QED) is 0.467. The summed E-state index contributed by atoms with van der Waals surface area (Å²) < 4.78 is 19.4.